The van der Waals surface area contributed by atoms with Crippen LogP contribution in [0.5, 0.6) is 5.75 Å². The summed E-state index contributed by atoms with van der Waals surface area (Å²) in [5, 5.41) is 0.260. The lowest BCUT2D eigenvalue weighted by Gasteiger charge is -2.46. The quantitative estimate of drug-likeness (QED) is 0.149. The maximum atomic E-state index is 14.3. The van der Waals surface area contributed by atoms with Crippen molar-refractivity contribution in [3.05, 3.63) is 54.1 Å². The molecular formula is C42H70O6Si2. The monoisotopic (exact) mass is 726 g/mol. The van der Waals surface area contributed by atoms with Gasteiger partial charge in [-0.15, -0.1) is 0 Å². The lowest BCUT2D eigenvalue weighted by molar-refractivity contribution is -0.172. The molecule has 8 heteroatoms. The molecule has 1 aromatic carbocycles. The summed E-state index contributed by atoms with van der Waals surface area (Å²) in [7, 11) is -3.94. The molecule has 0 N–H and O–H groups in total. The van der Waals surface area contributed by atoms with Crippen LogP contribution in [0.4, 0.5) is 0 Å². The number of benzene rings is 1. The van der Waals surface area contributed by atoms with Gasteiger partial charge in [-0.3, -0.25) is 0 Å². The van der Waals surface area contributed by atoms with E-state index in [1.54, 1.807) is 0 Å². The minimum absolute atomic E-state index is 0.0728. The van der Waals surface area contributed by atoms with Crippen molar-refractivity contribution in [3.63, 3.8) is 0 Å². The first-order chi connectivity index (χ1) is 23.2. The standard InChI is InChI=1S/C42H70O6Si2/c1-14-25-42(9,46-32-18-16-15-17-19-32)39(43)45-37-29-35(48-50(12,13)41(6,7)8)27-31-21-20-30(2)36(38(31)37)23-22-33-28-34(24-26-44-33)47-49(10,11)40(3,4)5/h15-21,27,30,33-38H,14,22-26,28-29H2,1-13H3/t30-,33+,34+,35+,36-,37-,38-,42?/m0/s1. The van der Waals surface area contributed by atoms with Gasteiger partial charge in [0.25, 0.3) is 0 Å². The van der Waals surface area contributed by atoms with Crippen molar-refractivity contribution in [1.82, 2.24) is 0 Å². The summed E-state index contributed by atoms with van der Waals surface area (Å²) >= 11 is 0. The van der Waals surface area contributed by atoms with Gasteiger partial charge in [0.05, 0.1) is 12.2 Å². The summed E-state index contributed by atoms with van der Waals surface area (Å²) in [6.07, 6.45) is 12.9. The fraction of sp³-hybridized carbons (Fsp3) is 0.738. The van der Waals surface area contributed by atoms with E-state index in [1.165, 1.54) is 5.57 Å². The predicted octanol–water partition coefficient (Wildman–Crippen LogP) is 11.0. The van der Waals surface area contributed by atoms with E-state index >= 15 is 0 Å². The number of hydrogen-bond acceptors (Lipinski definition) is 6. The molecule has 1 saturated heterocycles. The summed E-state index contributed by atoms with van der Waals surface area (Å²) in [6, 6.07) is 9.64. The number of carbonyl (C=O) groups excluding carboxylic acids is 1. The van der Waals surface area contributed by atoms with Gasteiger partial charge < -0.3 is 23.1 Å². The lowest BCUT2D eigenvalue weighted by Crippen LogP contribution is -2.51. The summed E-state index contributed by atoms with van der Waals surface area (Å²) in [6.45, 7) is 30.1. The van der Waals surface area contributed by atoms with Crippen LogP contribution in [0.15, 0.2) is 54.1 Å². The fourth-order valence-corrected chi connectivity index (χ4v) is 10.1. The maximum absolute atomic E-state index is 14.3. The highest BCUT2D eigenvalue weighted by atomic mass is 28.4. The van der Waals surface area contributed by atoms with Crippen LogP contribution in [0.25, 0.3) is 0 Å². The Balaban J connectivity index is 1.58. The zero-order valence-electron chi connectivity index (χ0n) is 33.8. The number of carbonyl (C=O) groups is 1. The molecule has 0 bridgehead atoms. The molecule has 0 radical (unpaired) electrons. The summed E-state index contributed by atoms with van der Waals surface area (Å²) in [5.41, 5.74) is 0.152. The van der Waals surface area contributed by atoms with Crippen LogP contribution < -0.4 is 4.74 Å². The van der Waals surface area contributed by atoms with Gasteiger partial charge in [0.2, 0.25) is 5.60 Å². The van der Waals surface area contributed by atoms with E-state index in [4.69, 9.17) is 23.1 Å². The Bertz CT molecular complexity index is 1330. The molecule has 1 unspecified atom stereocenters. The molecule has 282 valence electrons. The molecule has 0 spiro atoms. The fourth-order valence-electron chi connectivity index (χ4n) is 7.42. The second kappa shape index (κ2) is 16.1. The van der Waals surface area contributed by atoms with Gasteiger partial charge in [0.15, 0.2) is 16.6 Å². The largest absolute Gasteiger partial charge is 0.476 e. The first-order valence-electron chi connectivity index (χ1n) is 19.5. The number of allylic oxidation sites excluding steroid dienone is 2. The van der Waals surface area contributed by atoms with Crippen molar-refractivity contribution in [2.75, 3.05) is 6.61 Å². The van der Waals surface area contributed by atoms with Crippen molar-refractivity contribution in [3.8, 4) is 5.75 Å². The third-order valence-electron chi connectivity index (χ3n) is 12.5. The molecule has 0 amide bonds. The number of ether oxygens (including phenoxy) is 3. The molecule has 1 aromatic rings. The summed E-state index contributed by atoms with van der Waals surface area (Å²) in [5.74, 6) is 1.14. The SMILES string of the molecule is CCCC(C)(Oc1ccccc1)C(=O)O[C@H]1C[C@H](O[Si](C)(C)C(C)(C)C)C=C2C=C[C@H](C)[C@H](CC[C@@H]3C[C@H](O[Si](C)(C)C(C)(C)C)CCO3)[C@H]21. The maximum Gasteiger partial charge on any atom is 0.350 e. The van der Waals surface area contributed by atoms with Crippen molar-refractivity contribution in [2.45, 2.75) is 174 Å². The van der Waals surface area contributed by atoms with E-state index in [-0.39, 0.29) is 46.4 Å². The Kier molecular flexibility index (Phi) is 13.2. The normalized spacial score (nSPS) is 29.1. The van der Waals surface area contributed by atoms with Gasteiger partial charge in [-0.2, -0.15) is 0 Å². The van der Waals surface area contributed by atoms with Crippen molar-refractivity contribution in [2.24, 2.45) is 17.8 Å². The van der Waals surface area contributed by atoms with E-state index in [2.05, 4.69) is 99.8 Å². The minimum Gasteiger partial charge on any atom is -0.476 e. The molecule has 3 aliphatic rings. The van der Waals surface area contributed by atoms with E-state index in [0.29, 0.717) is 30.4 Å². The Morgan fingerprint density at radius 2 is 1.54 bits per heavy atom. The second-order valence-electron chi connectivity index (χ2n) is 18.7. The first kappa shape index (κ1) is 41.0. The minimum atomic E-state index is -2.08. The van der Waals surface area contributed by atoms with Crippen LogP contribution in [0.3, 0.4) is 0 Å². The lowest BCUT2D eigenvalue weighted by atomic mass is 9.66. The van der Waals surface area contributed by atoms with E-state index in [0.717, 1.165) is 38.7 Å². The third kappa shape index (κ3) is 10.0. The molecular weight excluding hydrogens is 657 g/mol. The molecule has 1 fully saturated rings. The molecule has 2 aliphatic carbocycles. The molecule has 0 aromatic heterocycles. The van der Waals surface area contributed by atoms with Gasteiger partial charge in [0, 0.05) is 25.0 Å². The molecule has 6 nitrogen and oxygen atoms in total. The first-order valence-corrected chi connectivity index (χ1v) is 25.3. The highest BCUT2D eigenvalue weighted by Gasteiger charge is 2.48. The smallest absolute Gasteiger partial charge is 0.350 e. The Morgan fingerprint density at radius 3 is 2.16 bits per heavy atom. The Labute approximate surface area is 307 Å². The Hall–Kier alpha value is -1.72. The van der Waals surface area contributed by atoms with Crippen LogP contribution in [0, 0.1) is 17.8 Å². The number of rotatable bonds is 13. The van der Waals surface area contributed by atoms with E-state index in [1.807, 2.05) is 37.3 Å². The molecule has 4 rings (SSSR count). The van der Waals surface area contributed by atoms with Crippen molar-refractivity contribution < 1.29 is 27.9 Å². The van der Waals surface area contributed by atoms with Crippen LogP contribution >= 0.6 is 0 Å². The Morgan fingerprint density at radius 1 is 0.900 bits per heavy atom. The van der Waals surface area contributed by atoms with Crippen LogP contribution in [0.2, 0.25) is 36.3 Å². The molecule has 1 heterocycles. The van der Waals surface area contributed by atoms with E-state index in [9.17, 15) is 4.79 Å². The average Bonchev–Trinajstić information content (AvgIpc) is 3.00. The van der Waals surface area contributed by atoms with Gasteiger partial charge in [-0.1, -0.05) is 98.2 Å². The predicted molar refractivity (Wildman–Crippen MR) is 211 cm³/mol. The second-order valence-corrected chi connectivity index (χ2v) is 28.2. The van der Waals surface area contributed by atoms with Crippen LogP contribution in [0.1, 0.15) is 107 Å². The van der Waals surface area contributed by atoms with Crippen molar-refractivity contribution in [1.29, 1.82) is 0 Å². The number of fused-ring (bicyclic) bond motifs is 1. The van der Waals surface area contributed by atoms with Gasteiger partial charge in [-0.05, 0) is 105 Å². The highest BCUT2D eigenvalue weighted by Crippen LogP contribution is 2.47. The zero-order valence-corrected chi connectivity index (χ0v) is 35.8. The summed E-state index contributed by atoms with van der Waals surface area (Å²) < 4.78 is 33.4. The van der Waals surface area contributed by atoms with Gasteiger partial charge in [0.1, 0.15) is 11.9 Å². The molecule has 1 aliphatic heterocycles. The number of esters is 1. The number of para-hydroxylation sites is 1. The highest BCUT2D eigenvalue weighted by molar-refractivity contribution is 6.74. The summed E-state index contributed by atoms with van der Waals surface area (Å²) in [4.78, 5) is 14.3. The van der Waals surface area contributed by atoms with Gasteiger partial charge in [-0.25, -0.2) is 4.79 Å². The van der Waals surface area contributed by atoms with Crippen molar-refractivity contribution >= 4 is 22.6 Å². The topological polar surface area (TPSA) is 63.2 Å². The molecule has 0 saturated carbocycles. The average molecular weight is 727 g/mol. The zero-order chi connectivity index (χ0) is 37.1. The van der Waals surface area contributed by atoms with Gasteiger partial charge >= 0.3 is 5.97 Å². The van der Waals surface area contributed by atoms with Crippen LogP contribution in [-0.2, 0) is 23.1 Å². The molecule has 8 atom stereocenters. The van der Waals surface area contributed by atoms with E-state index < -0.39 is 22.2 Å². The number of hydrogen-bond donors (Lipinski definition) is 0. The molecule has 50 heavy (non-hydrogen) atoms. The van der Waals surface area contributed by atoms with Crippen LogP contribution in [-0.4, -0.2) is 59.2 Å². The third-order valence-corrected chi connectivity index (χ3v) is 21.6.